The zero-order chi connectivity index (χ0) is 105. The predicted octanol–water partition coefficient (Wildman–Crippen LogP) is 15.0. The Bertz CT molecular complexity index is 7880. The van der Waals surface area contributed by atoms with E-state index < -0.39 is 54.5 Å². The predicted molar refractivity (Wildman–Crippen MR) is 585 cm³/mol. The van der Waals surface area contributed by atoms with Gasteiger partial charge in [0, 0.05) is 126 Å². The number of morpholine rings is 5. The second-order valence-corrected chi connectivity index (χ2v) is 52.7. The first kappa shape index (κ1) is 104. The second kappa shape index (κ2) is 43.2. The van der Waals surface area contributed by atoms with E-state index in [1.165, 1.54) is 6.07 Å². The van der Waals surface area contributed by atoms with Gasteiger partial charge in [-0.1, -0.05) is 54.6 Å². The number of halogens is 1. The van der Waals surface area contributed by atoms with E-state index >= 15 is 0 Å². The van der Waals surface area contributed by atoms with Crippen molar-refractivity contribution in [3.05, 3.63) is 181 Å². The first-order chi connectivity index (χ1) is 71.9. The van der Waals surface area contributed by atoms with Gasteiger partial charge in [-0.05, 0) is 168 Å². The summed E-state index contributed by atoms with van der Waals surface area (Å²) in [5.74, 6) is 11.3. The fourth-order valence-electron chi connectivity index (χ4n) is 19.1. The molecule has 0 spiro atoms. The molecule has 2 unspecified atom stereocenters. The summed E-state index contributed by atoms with van der Waals surface area (Å²) in [6.07, 6.45) is 15.8. The van der Waals surface area contributed by atoms with E-state index in [9.17, 15) is 25.4 Å². The number of rotatable bonds is 19. The number of nitrogens with zero attached hydrogens (tertiary/aromatic N) is 30. The van der Waals surface area contributed by atoms with Crippen LogP contribution in [-0.2, 0) is 77.1 Å². The minimum absolute atomic E-state index is 0.0764. The van der Waals surface area contributed by atoms with E-state index in [1.807, 2.05) is 174 Å². The Morgan fingerprint density at radius 1 is 0.273 bits per heavy atom. The number of aryl methyl sites for hydroxylation is 5. The van der Waals surface area contributed by atoms with Crippen LogP contribution in [0.15, 0.2) is 167 Å². The molecule has 0 N–H and O–H groups in total. The van der Waals surface area contributed by atoms with Crippen molar-refractivity contribution in [2.75, 3.05) is 174 Å². The van der Waals surface area contributed by atoms with E-state index in [2.05, 4.69) is 104 Å². The molecule has 9 fully saturated rings. The Balaban J connectivity index is 0.000000113. The molecule has 0 bridgehead atoms. The zero-order valence-corrected chi connectivity index (χ0v) is 91.2. The Morgan fingerprint density at radius 2 is 0.507 bits per heavy atom. The van der Waals surface area contributed by atoms with Gasteiger partial charge in [0.2, 0.25) is 29.7 Å². The van der Waals surface area contributed by atoms with Crippen molar-refractivity contribution >= 4 is 162 Å². The van der Waals surface area contributed by atoms with Crippen LogP contribution >= 0.6 is 0 Å². The molecular weight excluding hydrogens is 2010 g/mol. The molecule has 3 saturated carbocycles. The van der Waals surface area contributed by atoms with Crippen LogP contribution in [-0.4, -0.2) is 319 Å². The van der Waals surface area contributed by atoms with Crippen molar-refractivity contribution < 1.29 is 53.9 Å². The third-order valence-corrected chi connectivity index (χ3v) is 37.0. The molecule has 47 heteroatoms. The molecule has 6 saturated heterocycles. The maximum Gasteiger partial charge on any atom is 0.239 e. The Kier molecular flexibility index (Phi) is 30.1. The number of para-hydroxylation sites is 9. The first-order valence-corrected chi connectivity index (χ1v) is 60.9. The lowest BCUT2D eigenvalue weighted by atomic mass is 10.2. The van der Waals surface area contributed by atoms with E-state index in [4.69, 9.17) is 73.3 Å². The number of imidazole rings is 5. The maximum atomic E-state index is 14.6. The van der Waals surface area contributed by atoms with Gasteiger partial charge in [0.15, 0.2) is 29.1 Å². The highest BCUT2D eigenvalue weighted by Gasteiger charge is 2.37. The van der Waals surface area contributed by atoms with Crippen LogP contribution in [0.25, 0.3) is 84.9 Å². The van der Waals surface area contributed by atoms with Gasteiger partial charge in [0.1, 0.15) is 69.5 Å². The zero-order valence-electron chi connectivity index (χ0n) is 87.1. The molecule has 24 rings (SSSR count). The highest BCUT2D eigenvalue weighted by atomic mass is 32.2. The summed E-state index contributed by atoms with van der Waals surface area (Å²) in [6.45, 7) is 30.8. The fraction of sp³-hybridized carbons (Fsp3) is 0.466. The maximum absolute atomic E-state index is 14.6. The molecule has 792 valence electrons. The second-order valence-electron chi connectivity index (χ2n) is 39.9. The van der Waals surface area contributed by atoms with E-state index in [1.54, 1.807) is 67.2 Å². The van der Waals surface area contributed by atoms with Gasteiger partial charge in [-0.15, -0.1) is 0 Å². The van der Waals surface area contributed by atoms with E-state index in [0.717, 1.165) is 155 Å². The minimum atomic E-state index is -2.48. The SMILES string of the molecule is Cc1nc2cccc(F)c2n1-c1nc(N=S(C)(C)=O)cc(N2CCOC[C@H]2C)n1.Cc1nc2ccccc2n1-c1nc(N=S(C)(=O)C2CC2)cc(N2CCOC[C@H]2C)n1.Cc1nc2ccccc2n1-c1nc(N=S(C)(=O)C2COC2)cc(N2CCOC[C@H]2C)n1.Cc1nc2ccccc2n1-c1nc(N=[S@@](C)(=O)C2CC2)cc(N2CCOC[C@H]2C)n1.Cc1nc2ccccc2n1-c1nc(N=[S@](C)(=O)C2CC2)cc(N2CCOC[C@H]2C)n1. The van der Waals surface area contributed by atoms with Gasteiger partial charge in [0.25, 0.3) is 0 Å². The third kappa shape index (κ3) is 23.2. The van der Waals surface area contributed by atoms with Gasteiger partial charge in [-0.25, -0.2) is 50.4 Å². The van der Waals surface area contributed by atoms with Crippen LogP contribution in [0.4, 0.5) is 62.6 Å². The normalized spacial score (nSPS) is 20.8. The van der Waals surface area contributed by atoms with Gasteiger partial charge in [0.05, 0.1) is 203 Å². The average Bonchev–Trinajstić information content (AvgIpc) is 1.62. The molecule has 15 aromatic rings. The molecule has 3 aliphatic carbocycles. The third-order valence-electron chi connectivity index (χ3n) is 27.5. The monoisotopic (exact) mass is 2140 g/mol. The molecular formula is C103H127FN30O11S5. The number of hydrogen-bond donors (Lipinski definition) is 0. The molecule has 9 atom stereocenters. The summed E-state index contributed by atoms with van der Waals surface area (Å²) in [6, 6.07) is 46.3. The van der Waals surface area contributed by atoms with Crippen LogP contribution in [0.3, 0.4) is 0 Å². The highest BCUT2D eigenvalue weighted by Crippen LogP contribution is 2.40. The molecule has 0 radical (unpaired) electrons. The summed E-state index contributed by atoms with van der Waals surface area (Å²) < 4.78 is 144. The van der Waals surface area contributed by atoms with Crippen LogP contribution in [0, 0.1) is 40.4 Å². The van der Waals surface area contributed by atoms with E-state index in [-0.39, 0.29) is 63.0 Å². The molecule has 5 aromatic carbocycles. The smallest absolute Gasteiger partial charge is 0.239 e. The van der Waals surface area contributed by atoms with Gasteiger partial charge in [-0.3, -0.25) is 22.8 Å². The van der Waals surface area contributed by atoms with Crippen molar-refractivity contribution in [3.8, 4) is 29.7 Å². The van der Waals surface area contributed by atoms with Crippen LogP contribution in [0.5, 0.6) is 0 Å². The summed E-state index contributed by atoms with van der Waals surface area (Å²) in [5, 5.41) is 0.417. The first-order valence-electron chi connectivity index (χ1n) is 50.6. The lowest BCUT2D eigenvalue weighted by Crippen LogP contribution is -2.44. The lowest BCUT2D eigenvalue weighted by Gasteiger charge is -2.34. The number of anilines is 5. The van der Waals surface area contributed by atoms with Crippen LogP contribution in [0.1, 0.15) is 102 Å². The van der Waals surface area contributed by atoms with Gasteiger partial charge >= 0.3 is 0 Å². The average molecular weight is 2140 g/mol. The number of benzene rings is 5. The quantitative estimate of drug-likeness (QED) is 0.0725. The molecule has 0 amide bonds. The Hall–Kier alpha value is -12.7. The van der Waals surface area contributed by atoms with Crippen LogP contribution in [0.2, 0.25) is 0 Å². The molecule has 41 nitrogen and oxygen atoms in total. The summed E-state index contributed by atoms with van der Waals surface area (Å²) >= 11 is 0. The topological polar surface area (TPSA) is 437 Å². The van der Waals surface area contributed by atoms with Crippen molar-refractivity contribution in [1.82, 2.24) is 97.6 Å². The largest absolute Gasteiger partial charge is 0.379 e. The molecule has 6 aliphatic heterocycles. The summed E-state index contributed by atoms with van der Waals surface area (Å²) in [7, 11) is -11.9. The number of hydrogen-bond acceptors (Lipinski definition) is 36. The highest BCUT2D eigenvalue weighted by molar-refractivity contribution is 7.94. The summed E-state index contributed by atoms with van der Waals surface area (Å²) in [5.41, 5.74) is 8.09. The van der Waals surface area contributed by atoms with Gasteiger partial charge in [-0.2, -0.15) is 71.7 Å². The van der Waals surface area contributed by atoms with Crippen molar-refractivity contribution in [2.24, 2.45) is 21.8 Å². The number of fused-ring (bicyclic) bond motifs is 5. The molecule has 9 aliphatic rings. The number of ether oxygens (including phenoxy) is 6. The summed E-state index contributed by atoms with van der Waals surface area (Å²) in [4.78, 5) is 81.4. The standard InChI is InChI=1S/C21H26N6O3S.3C21H26N6O2S.C19H23FN6O2S/c1-14-11-29-9-8-26(14)20-10-19(25-31(3,28)16-12-30-13-16)23-21(24-20)27-15(2)22-17-6-4-5-7-18(17)27;3*1-14-13-29-11-10-26(14)20-12-19(25-30(3,28)16-8-9-16)23-21(24-20)27-15(2)22-17-6-4-5-7-18(17)27;1-12-11-28-9-8-25(12)17-10-16(24-29(3,4)27)22-19(23-17)26-13(2)21-15-7-5-6-14(20)18(15)26/h4-7,10,14,16H,8-9,11-13H2,1-3H3;3*4-7,12,14,16H,8-11,13H2,1-3H3;5-7,10,12H,8-9,11H2,1-4H3/t14-,31?;14-,30?;14-,30+;14-,30-;12-/m11111/s1. The number of aromatic nitrogens is 20. The molecule has 10 aromatic heterocycles. The minimum Gasteiger partial charge on any atom is -0.379 e. The van der Waals surface area contributed by atoms with Gasteiger partial charge < -0.3 is 52.9 Å². The van der Waals surface area contributed by atoms with Crippen molar-refractivity contribution in [1.29, 1.82) is 0 Å². The van der Waals surface area contributed by atoms with E-state index in [0.29, 0.717) is 156 Å². The van der Waals surface area contributed by atoms with Crippen molar-refractivity contribution in [3.63, 3.8) is 0 Å². The van der Waals surface area contributed by atoms with Crippen molar-refractivity contribution in [2.45, 2.75) is 159 Å². The fourth-order valence-corrected chi connectivity index (χ4v) is 25.9. The molecule has 150 heavy (non-hydrogen) atoms. The Labute approximate surface area is 872 Å². The Morgan fingerprint density at radius 3 is 0.753 bits per heavy atom. The lowest BCUT2D eigenvalue weighted by molar-refractivity contribution is 0.0431. The molecule has 16 heterocycles. The van der Waals surface area contributed by atoms with Crippen LogP contribution < -0.4 is 24.5 Å².